The zero-order valence-electron chi connectivity index (χ0n) is 16.5. The molecule has 6 nitrogen and oxygen atoms in total. The van der Waals surface area contributed by atoms with Crippen LogP contribution < -0.4 is 4.74 Å². The van der Waals surface area contributed by atoms with Crippen molar-refractivity contribution in [1.82, 2.24) is 9.80 Å². The molecule has 7 heteroatoms. The third-order valence-electron chi connectivity index (χ3n) is 4.62. The van der Waals surface area contributed by atoms with Crippen molar-refractivity contribution in [2.24, 2.45) is 0 Å². The van der Waals surface area contributed by atoms with E-state index in [4.69, 9.17) is 4.74 Å². The fourth-order valence-electron chi connectivity index (χ4n) is 3.24. The SMILES string of the molecule is C=CCOc1cccc(C2C(C(=O)c3cccs3)=C(O)C(=O)N2CCN(C)C)c1. The third-order valence-corrected chi connectivity index (χ3v) is 5.49. The maximum Gasteiger partial charge on any atom is 0.290 e. The minimum Gasteiger partial charge on any atom is -0.503 e. The van der Waals surface area contributed by atoms with Gasteiger partial charge < -0.3 is 19.6 Å². The smallest absolute Gasteiger partial charge is 0.290 e. The van der Waals surface area contributed by atoms with Crippen molar-refractivity contribution < 1.29 is 19.4 Å². The van der Waals surface area contributed by atoms with Gasteiger partial charge in [-0.1, -0.05) is 30.9 Å². The Hall–Kier alpha value is -2.90. The summed E-state index contributed by atoms with van der Waals surface area (Å²) in [6.45, 7) is 4.97. The molecule has 29 heavy (non-hydrogen) atoms. The van der Waals surface area contributed by atoms with E-state index in [1.165, 1.54) is 11.3 Å². The van der Waals surface area contributed by atoms with Crippen molar-refractivity contribution in [3.05, 3.63) is 76.2 Å². The summed E-state index contributed by atoms with van der Waals surface area (Å²) in [7, 11) is 3.81. The van der Waals surface area contributed by atoms with Gasteiger partial charge in [0.15, 0.2) is 5.76 Å². The molecule has 0 radical (unpaired) electrons. The molecule has 3 rings (SSSR count). The first-order valence-electron chi connectivity index (χ1n) is 9.24. The Balaban J connectivity index is 2.04. The van der Waals surface area contributed by atoms with Gasteiger partial charge in [-0.25, -0.2) is 0 Å². The van der Waals surface area contributed by atoms with Gasteiger partial charge in [-0.2, -0.15) is 0 Å². The molecule has 0 fully saturated rings. The Labute approximate surface area is 174 Å². The van der Waals surface area contributed by atoms with Crippen LogP contribution in [-0.4, -0.2) is 60.4 Å². The summed E-state index contributed by atoms with van der Waals surface area (Å²) in [6, 6.07) is 10.0. The molecule has 2 aromatic rings. The van der Waals surface area contributed by atoms with Crippen LogP contribution >= 0.6 is 11.3 Å². The highest BCUT2D eigenvalue weighted by molar-refractivity contribution is 7.12. The van der Waals surface area contributed by atoms with Gasteiger partial charge in [0.1, 0.15) is 12.4 Å². The number of thiophene rings is 1. The summed E-state index contributed by atoms with van der Waals surface area (Å²) in [4.78, 5) is 30.0. The lowest BCUT2D eigenvalue weighted by Crippen LogP contribution is -2.36. The molecule has 0 saturated carbocycles. The molecule has 1 aromatic heterocycles. The first kappa shape index (κ1) is 20.8. The monoisotopic (exact) mass is 412 g/mol. The molecule has 1 amide bonds. The number of rotatable bonds is 9. The number of carbonyl (C=O) groups is 2. The molecule has 1 unspecified atom stereocenters. The lowest BCUT2D eigenvalue weighted by molar-refractivity contribution is -0.129. The first-order valence-corrected chi connectivity index (χ1v) is 10.1. The highest BCUT2D eigenvalue weighted by Crippen LogP contribution is 2.40. The summed E-state index contributed by atoms with van der Waals surface area (Å²) in [5.74, 6) is -0.740. The number of benzene rings is 1. The number of aliphatic hydroxyl groups excluding tert-OH is 1. The largest absolute Gasteiger partial charge is 0.503 e. The highest BCUT2D eigenvalue weighted by Gasteiger charge is 2.43. The first-order chi connectivity index (χ1) is 13.9. The molecule has 1 N–H and O–H groups in total. The number of Topliss-reactive ketones (excluding diaryl/α,β-unsaturated/α-hetero) is 1. The number of hydrogen-bond donors (Lipinski definition) is 1. The van der Waals surface area contributed by atoms with Crippen LogP contribution in [0.4, 0.5) is 0 Å². The van der Waals surface area contributed by atoms with E-state index in [1.807, 2.05) is 31.1 Å². The predicted molar refractivity (Wildman–Crippen MR) is 113 cm³/mol. The van der Waals surface area contributed by atoms with Crippen LogP contribution in [0.1, 0.15) is 21.3 Å². The second-order valence-electron chi connectivity index (χ2n) is 6.95. The highest BCUT2D eigenvalue weighted by atomic mass is 32.1. The van der Waals surface area contributed by atoms with Gasteiger partial charge in [0.25, 0.3) is 5.91 Å². The van der Waals surface area contributed by atoms with Gasteiger partial charge in [-0.3, -0.25) is 9.59 Å². The summed E-state index contributed by atoms with van der Waals surface area (Å²) in [5.41, 5.74) is 0.819. The Morgan fingerprint density at radius 2 is 2.14 bits per heavy atom. The van der Waals surface area contributed by atoms with Crippen molar-refractivity contribution >= 4 is 23.0 Å². The van der Waals surface area contributed by atoms with Crippen molar-refractivity contribution in [3.63, 3.8) is 0 Å². The molecule has 2 heterocycles. The quantitative estimate of drug-likeness (QED) is 0.505. The van der Waals surface area contributed by atoms with Crippen LogP contribution in [-0.2, 0) is 4.79 Å². The summed E-state index contributed by atoms with van der Waals surface area (Å²) >= 11 is 1.28. The van der Waals surface area contributed by atoms with Crippen LogP contribution in [0.2, 0.25) is 0 Å². The van der Waals surface area contributed by atoms with E-state index < -0.39 is 17.7 Å². The van der Waals surface area contributed by atoms with Gasteiger partial charge in [-0.05, 0) is 43.2 Å². The molecule has 152 valence electrons. The van der Waals surface area contributed by atoms with E-state index in [1.54, 1.807) is 40.6 Å². The lowest BCUT2D eigenvalue weighted by Gasteiger charge is -2.28. The van der Waals surface area contributed by atoms with Crippen LogP contribution in [0.3, 0.4) is 0 Å². The topological polar surface area (TPSA) is 70.1 Å². The molecule has 0 aliphatic carbocycles. The molecule has 0 spiro atoms. The van der Waals surface area contributed by atoms with E-state index in [0.29, 0.717) is 35.9 Å². The normalized spacial score (nSPS) is 16.6. The maximum absolute atomic E-state index is 13.1. The molecular formula is C22H24N2O4S. The number of likely N-dealkylation sites (N-methyl/N-ethyl adjacent to an activating group) is 1. The third kappa shape index (κ3) is 4.41. The van der Waals surface area contributed by atoms with Gasteiger partial charge >= 0.3 is 0 Å². The van der Waals surface area contributed by atoms with Gasteiger partial charge in [0.2, 0.25) is 5.78 Å². The van der Waals surface area contributed by atoms with E-state index in [-0.39, 0.29) is 11.4 Å². The number of ether oxygens (including phenoxy) is 1. The Bertz CT molecular complexity index is 934. The van der Waals surface area contributed by atoms with Crippen LogP contribution in [0.25, 0.3) is 0 Å². The van der Waals surface area contributed by atoms with Gasteiger partial charge in [0, 0.05) is 13.1 Å². The Morgan fingerprint density at radius 1 is 1.34 bits per heavy atom. The van der Waals surface area contributed by atoms with Crippen molar-refractivity contribution in [2.75, 3.05) is 33.8 Å². The standard InChI is InChI=1S/C22H24N2O4S/c1-4-12-28-16-8-5-7-15(14-16)19-18(20(25)17-9-6-13-29-17)21(26)22(27)24(19)11-10-23(2)3/h4-9,13-14,19,26H,1,10-12H2,2-3H3. The fraction of sp³-hybridized carbons (Fsp3) is 0.273. The second-order valence-corrected chi connectivity index (χ2v) is 7.89. The summed E-state index contributed by atoms with van der Waals surface area (Å²) in [6.07, 6.45) is 1.65. The molecule has 1 aliphatic heterocycles. The zero-order chi connectivity index (χ0) is 21.0. The van der Waals surface area contributed by atoms with E-state index in [9.17, 15) is 14.7 Å². The van der Waals surface area contributed by atoms with Gasteiger partial charge in [0.05, 0.1) is 16.5 Å². The zero-order valence-corrected chi connectivity index (χ0v) is 17.3. The number of hydrogen-bond acceptors (Lipinski definition) is 6. The minimum absolute atomic E-state index is 0.108. The lowest BCUT2D eigenvalue weighted by atomic mass is 9.95. The van der Waals surface area contributed by atoms with Crippen molar-refractivity contribution in [3.8, 4) is 5.75 Å². The molecular weight excluding hydrogens is 388 g/mol. The Kier molecular flexibility index (Phi) is 6.51. The summed E-state index contributed by atoms with van der Waals surface area (Å²) in [5, 5.41) is 12.4. The second kappa shape index (κ2) is 9.07. The van der Waals surface area contributed by atoms with Crippen LogP contribution in [0, 0.1) is 0 Å². The van der Waals surface area contributed by atoms with Crippen LogP contribution in [0.15, 0.2) is 65.8 Å². The van der Waals surface area contributed by atoms with E-state index in [0.717, 1.165) is 0 Å². The van der Waals surface area contributed by atoms with Crippen molar-refractivity contribution in [1.29, 1.82) is 0 Å². The van der Waals surface area contributed by atoms with E-state index >= 15 is 0 Å². The number of nitrogens with zero attached hydrogens (tertiary/aromatic N) is 2. The molecule has 1 aromatic carbocycles. The molecule has 0 saturated heterocycles. The van der Waals surface area contributed by atoms with Crippen molar-refractivity contribution in [2.45, 2.75) is 6.04 Å². The molecule has 0 bridgehead atoms. The Morgan fingerprint density at radius 3 is 2.79 bits per heavy atom. The average Bonchev–Trinajstić information content (AvgIpc) is 3.32. The minimum atomic E-state index is -0.677. The maximum atomic E-state index is 13.1. The fourth-order valence-corrected chi connectivity index (χ4v) is 3.92. The average molecular weight is 413 g/mol. The molecule has 1 atom stereocenters. The van der Waals surface area contributed by atoms with Crippen LogP contribution in [0.5, 0.6) is 5.75 Å². The van der Waals surface area contributed by atoms with Gasteiger partial charge in [-0.15, -0.1) is 11.3 Å². The summed E-state index contributed by atoms with van der Waals surface area (Å²) < 4.78 is 5.62. The van der Waals surface area contributed by atoms with E-state index in [2.05, 4.69) is 6.58 Å². The molecule has 1 aliphatic rings. The number of aliphatic hydroxyl groups is 1. The number of ketones is 1. The number of amides is 1. The number of carbonyl (C=O) groups excluding carboxylic acids is 2. The predicted octanol–water partition coefficient (Wildman–Crippen LogP) is 3.45.